The van der Waals surface area contributed by atoms with Crippen molar-refractivity contribution in [3.63, 3.8) is 0 Å². The molecular weight excluding hydrogens is 372 g/mol. The quantitative estimate of drug-likeness (QED) is 0.704. The van der Waals surface area contributed by atoms with Gasteiger partial charge in [-0.1, -0.05) is 0 Å². The summed E-state index contributed by atoms with van der Waals surface area (Å²) in [5.74, 6) is 0.725. The molecule has 2 aromatic heterocycles. The van der Waals surface area contributed by atoms with Gasteiger partial charge in [-0.25, -0.2) is 4.98 Å². The average Bonchev–Trinajstić information content (AvgIpc) is 3.19. The highest BCUT2D eigenvalue weighted by molar-refractivity contribution is 7.15. The molecule has 6 nitrogen and oxygen atoms in total. The Balaban J connectivity index is 1.68. The molecule has 0 saturated heterocycles. The van der Waals surface area contributed by atoms with E-state index >= 15 is 0 Å². The number of hydrogen-bond acceptors (Lipinski definition) is 5. The first-order valence-corrected chi connectivity index (χ1v) is 10.6. The molecular formula is C21H26N4O2S. The van der Waals surface area contributed by atoms with E-state index in [1.165, 1.54) is 4.88 Å². The zero-order valence-electron chi connectivity index (χ0n) is 16.8. The van der Waals surface area contributed by atoms with Gasteiger partial charge in [0.2, 0.25) is 0 Å². The lowest BCUT2D eigenvalue weighted by Gasteiger charge is -2.20. The van der Waals surface area contributed by atoms with Gasteiger partial charge in [-0.3, -0.25) is 10.1 Å². The maximum Gasteiger partial charge on any atom is 0.274 e. The van der Waals surface area contributed by atoms with Gasteiger partial charge in [0.05, 0.1) is 12.3 Å². The molecule has 3 heterocycles. The highest BCUT2D eigenvalue weighted by Crippen LogP contribution is 2.31. The molecule has 3 aromatic rings. The Labute approximate surface area is 169 Å². The fraction of sp³-hybridized carbons (Fsp3) is 0.429. The number of thiazole rings is 1. The minimum absolute atomic E-state index is 0.104. The summed E-state index contributed by atoms with van der Waals surface area (Å²) < 4.78 is 7.71. The molecule has 1 aromatic carbocycles. The molecule has 0 radical (unpaired) electrons. The zero-order valence-corrected chi connectivity index (χ0v) is 17.7. The van der Waals surface area contributed by atoms with Crippen LogP contribution in [0.4, 0.5) is 5.13 Å². The van der Waals surface area contributed by atoms with Crippen molar-refractivity contribution in [3.8, 4) is 5.75 Å². The predicted octanol–water partition coefficient (Wildman–Crippen LogP) is 4.07. The van der Waals surface area contributed by atoms with Gasteiger partial charge in [-0.2, -0.15) is 0 Å². The number of aromatic nitrogens is 2. The average molecular weight is 399 g/mol. The van der Waals surface area contributed by atoms with Crippen molar-refractivity contribution < 1.29 is 9.53 Å². The van der Waals surface area contributed by atoms with Crippen molar-refractivity contribution in [1.82, 2.24) is 14.5 Å². The Bertz CT molecular complexity index is 1040. The maximum absolute atomic E-state index is 13.2. The summed E-state index contributed by atoms with van der Waals surface area (Å²) in [6.45, 7) is 9.28. The number of rotatable bonds is 5. The molecule has 0 aliphatic carbocycles. The maximum atomic E-state index is 13.2. The number of benzene rings is 1. The second kappa shape index (κ2) is 7.56. The van der Waals surface area contributed by atoms with E-state index in [9.17, 15) is 4.79 Å². The van der Waals surface area contributed by atoms with Crippen LogP contribution in [0, 0.1) is 6.92 Å². The first-order chi connectivity index (χ1) is 13.5. The van der Waals surface area contributed by atoms with Crippen LogP contribution in [-0.4, -0.2) is 40.6 Å². The summed E-state index contributed by atoms with van der Waals surface area (Å²) in [5.41, 5.74) is 3.83. The molecule has 28 heavy (non-hydrogen) atoms. The first-order valence-electron chi connectivity index (χ1n) is 9.75. The number of hydrogen-bond donors (Lipinski definition) is 1. The van der Waals surface area contributed by atoms with E-state index in [2.05, 4.69) is 33.7 Å². The van der Waals surface area contributed by atoms with Gasteiger partial charge in [0.15, 0.2) is 5.13 Å². The van der Waals surface area contributed by atoms with Crippen molar-refractivity contribution in [1.29, 1.82) is 0 Å². The van der Waals surface area contributed by atoms with Crippen molar-refractivity contribution >= 4 is 33.3 Å². The van der Waals surface area contributed by atoms with Crippen molar-refractivity contribution in [3.05, 3.63) is 40.0 Å². The number of nitrogens with one attached hydrogen (secondary N) is 1. The lowest BCUT2D eigenvalue weighted by atomic mass is 10.1. The van der Waals surface area contributed by atoms with E-state index in [1.807, 2.05) is 32.0 Å². The van der Waals surface area contributed by atoms with Gasteiger partial charge in [0.25, 0.3) is 5.91 Å². The van der Waals surface area contributed by atoms with Crippen LogP contribution in [0.1, 0.15) is 40.5 Å². The third kappa shape index (κ3) is 3.29. The molecule has 7 heteroatoms. The molecule has 1 aliphatic rings. The molecule has 1 aliphatic heterocycles. The van der Waals surface area contributed by atoms with Gasteiger partial charge in [0.1, 0.15) is 11.4 Å². The highest BCUT2D eigenvalue weighted by Gasteiger charge is 2.23. The molecule has 0 saturated carbocycles. The van der Waals surface area contributed by atoms with Crippen LogP contribution in [-0.2, 0) is 19.5 Å². The molecule has 4 rings (SSSR count). The summed E-state index contributed by atoms with van der Waals surface area (Å²) in [4.78, 5) is 21.4. The van der Waals surface area contributed by atoms with E-state index in [-0.39, 0.29) is 5.91 Å². The number of ether oxygens (including phenoxy) is 1. The molecule has 1 N–H and O–H groups in total. The predicted molar refractivity (Wildman–Crippen MR) is 114 cm³/mol. The number of amides is 1. The number of carbonyl (C=O) groups is 1. The molecule has 0 fully saturated rings. The second-order valence-corrected chi connectivity index (χ2v) is 8.24. The zero-order chi connectivity index (χ0) is 19.8. The summed E-state index contributed by atoms with van der Waals surface area (Å²) in [5, 5.41) is 4.79. The first kappa shape index (κ1) is 19.0. The lowest BCUT2D eigenvalue weighted by Crippen LogP contribution is -2.25. The standard InChI is InChI=1S/C21H26N4O2S/c1-5-25-17-8-7-14(27-6-2)11-15(17)13(3)19(25)20(26)23-21-22-16-9-10-24(4)12-18(16)28-21/h7-8,11H,5-6,9-10,12H2,1-4H3,(H,22,23,26). The minimum atomic E-state index is -0.104. The number of fused-ring (bicyclic) bond motifs is 2. The van der Waals surface area contributed by atoms with Crippen molar-refractivity contribution in [2.75, 3.05) is 25.5 Å². The van der Waals surface area contributed by atoms with Crippen LogP contribution in [0.15, 0.2) is 18.2 Å². The van der Waals surface area contributed by atoms with Crippen LogP contribution < -0.4 is 10.1 Å². The number of likely N-dealkylation sites (N-methyl/N-ethyl adjacent to an activating group) is 1. The SMILES string of the molecule is CCOc1ccc2c(c1)c(C)c(C(=O)Nc1nc3c(s1)CN(C)CC3)n2CC. The summed E-state index contributed by atoms with van der Waals surface area (Å²) in [6.07, 6.45) is 0.937. The Morgan fingerprint density at radius 2 is 2.18 bits per heavy atom. The van der Waals surface area contributed by atoms with E-state index in [4.69, 9.17) is 4.74 Å². The Hall–Kier alpha value is -2.38. The number of anilines is 1. The molecule has 148 valence electrons. The minimum Gasteiger partial charge on any atom is -0.494 e. The number of aryl methyl sites for hydroxylation is 2. The topological polar surface area (TPSA) is 59.4 Å². The number of carbonyl (C=O) groups excluding carboxylic acids is 1. The molecule has 0 unspecified atom stereocenters. The Kier molecular flexibility index (Phi) is 5.12. The Morgan fingerprint density at radius 3 is 2.93 bits per heavy atom. The molecule has 0 bridgehead atoms. The summed E-state index contributed by atoms with van der Waals surface area (Å²) in [7, 11) is 2.11. The van der Waals surface area contributed by atoms with Gasteiger partial charge < -0.3 is 14.2 Å². The largest absolute Gasteiger partial charge is 0.494 e. The van der Waals surface area contributed by atoms with E-state index in [1.54, 1.807) is 11.3 Å². The third-order valence-electron chi connectivity index (χ3n) is 5.27. The van der Waals surface area contributed by atoms with Gasteiger partial charge >= 0.3 is 0 Å². The summed E-state index contributed by atoms with van der Waals surface area (Å²) in [6, 6.07) is 6.02. The van der Waals surface area contributed by atoms with E-state index in [0.717, 1.165) is 54.0 Å². The normalized spacial score (nSPS) is 14.3. The van der Waals surface area contributed by atoms with Crippen molar-refractivity contribution in [2.45, 2.75) is 40.3 Å². The van der Waals surface area contributed by atoms with Crippen LogP contribution in [0.2, 0.25) is 0 Å². The van der Waals surface area contributed by atoms with Crippen LogP contribution >= 0.6 is 11.3 Å². The van der Waals surface area contributed by atoms with Gasteiger partial charge in [-0.15, -0.1) is 11.3 Å². The van der Waals surface area contributed by atoms with Gasteiger partial charge in [0, 0.05) is 41.8 Å². The number of nitrogens with zero attached hydrogens (tertiary/aromatic N) is 3. The molecule has 0 spiro atoms. The second-order valence-electron chi connectivity index (χ2n) is 7.16. The van der Waals surface area contributed by atoms with Crippen LogP contribution in [0.3, 0.4) is 0 Å². The third-order valence-corrected chi connectivity index (χ3v) is 6.27. The summed E-state index contributed by atoms with van der Waals surface area (Å²) >= 11 is 1.58. The fourth-order valence-corrected chi connectivity index (χ4v) is 5.00. The monoisotopic (exact) mass is 398 g/mol. The Morgan fingerprint density at radius 1 is 1.36 bits per heavy atom. The van der Waals surface area contributed by atoms with Gasteiger partial charge in [-0.05, 0) is 51.6 Å². The van der Waals surface area contributed by atoms with E-state index < -0.39 is 0 Å². The van der Waals surface area contributed by atoms with Crippen LogP contribution in [0.5, 0.6) is 5.75 Å². The highest BCUT2D eigenvalue weighted by atomic mass is 32.1. The molecule has 0 atom stereocenters. The molecule has 1 amide bonds. The lowest BCUT2D eigenvalue weighted by molar-refractivity contribution is 0.101. The van der Waals surface area contributed by atoms with E-state index in [0.29, 0.717) is 17.4 Å². The van der Waals surface area contributed by atoms with Crippen molar-refractivity contribution in [2.24, 2.45) is 0 Å². The van der Waals surface area contributed by atoms with Crippen LogP contribution in [0.25, 0.3) is 10.9 Å². The smallest absolute Gasteiger partial charge is 0.274 e. The fourth-order valence-electron chi connectivity index (χ4n) is 3.91.